The predicted molar refractivity (Wildman–Crippen MR) is 67.8 cm³/mol. The maximum Gasteiger partial charge on any atom is 0.451 e. The second-order valence-corrected chi connectivity index (χ2v) is 4.21. The highest BCUT2D eigenvalue weighted by atomic mass is 19.4. The van der Waals surface area contributed by atoms with Gasteiger partial charge in [0.1, 0.15) is 12.4 Å². The number of aromatic nitrogens is 2. The number of halogens is 3. The lowest BCUT2D eigenvalue weighted by Crippen LogP contribution is -2.16. The van der Waals surface area contributed by atoms with E-state index in [0.29, 0.717) is 6.54 Å². The van der Waals surface area contributed by atoms with Crippen LogP contribution >= 0.6 is 0 Å². The van der Waals surface area contributed by atoms with Gasteiger partial charge in [-0.2, -0.15) is 18.2 Å². The first-order valence-electron chi connectivity index (χ1n) is 6.27. The molecule has 1 heterocycles. The van der Waals surface area contributed by atoms with E-state index in [0.717, 1.165) is 0 Å². The quantitative estimate of drug-likeness (QED) is 0.783. The van der Waals surface area contributed by atoms with Crippen molar-refractivity contribution in [3.8, 4) is 5.88 Å². The van der Waals surface area contributed by atoms with Crippen molar-refractivity contribution < 1.29 is 22.6 Å². The average Bonchev–Trinajstić information content (AvgIpc) is 2.33. The van der Waals surface area contributed by atoms with Crippen molar-refractivity contribution in [2.24, 2.45) is 0 Å². The largest absolute Gasteiger partial charge is 0.475 e. The fourth-order valence-electron chi connectivity index (χ4n) is 1.33. The fraction of sp³-hybridized carbons (Fsp3) is 0.667. The van der Waals surface area contributed by atoms with Crippen LogP contribution in [0.1, 0.15) is 26.6 Å². The molecule has 0 saturated carbocycles. The minimum atomic E-state index is -4.61. The summed E-state index contributed by atoms with van der Waals surface area (Å²) in [4.78, 5) is 6.74. The number of rotatable bonds is 7. The van der Waals surface area contributed by atoms with Crippen LogP contribution in [0.2, 0.25) is 0 Å². The normalized spacial score (nSPS) is 11.8. The molecular weight excluding hydrogens is 275 g/mol. The van der Waals surface area contributed by atoms with E-state index in [1.54, 1.807) is 6.92 Å². The Hall–Kier alpha value is -1.57. The zero-order valence-corrected chi connectivity index (χ0v) is 11.6. The summed E-state index contributed by atoms with van der Waals surface area (Å²) >= 11 is 0. The highest BCUT2D eigenvalue weighted by Crippen LogP contribution is 2.28. The summed E-state index contributed by atoms with van der Waals surface area (Å²) in [6.45, 7) is 6.32. The van der Waals surface area contributed by atoms with Crippen LogP contribution in [-0.2, 0) is 10.9 Å². The minimum Gasteiger partial charge on any atom is -0.475 e. The Morgan fingerprint density at radius 1 is 1.25 bits per heavy atom. The van der Waals surface area contributed by atoms with E-state index < -0.39 is 12.0 Å². The molecule has 0 atom stereocenters. The second-order valence-electron chi connectivity index (χ2n) is 4.21. The van der Waals surface area contributed by atoms with Crippen LogP contribution in [0.25, 0.3) is 0 Å². The lowest BCUT2D eigenvalue weighted by Gasteiger charge is -2.12. The highest BCUT2D eigenvalue weighted by molar-refractivity contribution is 5.38. The van der Waals surface area contributed by atoms with Crippen molar-refractivity contribution in [3.05, 3.63) is 11.9 Å². The van der Waals surface area contributed by atoms with Crippen LogP contribution < -0.4 is 10.1 Å². The van der Waals surface area contributed by atoms with E-state index in [1.807, 2.05) is 13.8 Å². The van der Waals surface area contributed by atoms with Gasteiger partial charge in [-0.15, -0.1) is 0 Å². The summed E-state index contributed by atoms with van der Waals surface area (Å²) in [5.41, 5.74) is 0. The van der Waals surface area contributed by atoms with Gasteiger partial charge in [0.25, 0.3) is 0 Å². The minimum absolute atomic E-state index is 0.0343. The summed E-state index contributed by atoms with van der Waals surface area (Å²) in [5.74, 6) is -1.28. The first-order chi connectivity index (χ1) is 9.32. The summed E-state index contributed by atoms with van der Waals surface area (Å²) in [6.07, 6.45) is -4.58. The first kappa shape index (κ1) is 16.5. The van der Waals surface area contributed by atoms with Crippen LogP contribution in [0, 0.1) is 0 Å². The molecule has 0 unspecified atom stereocenters. The summed E-state index contributed by atoms with van der Waals surface area (Å²) in [7, 11) is 0. The van der Waals surface area contributed by atoms with Crippen LogP contribution in [0.15, 0.2) is 6.07 Å². The molecule has 114 valence electrons. The van der Waals surface area contributed by atoms with E-state index in [2.05, 4.69) is 15.3 Å². The molecule has 0 amide bonds. The van der Waals surface area contributed by atoms with E-state index in [-0.39, 0.29) is 31.0 Å². The van der Waals surface area contributed by atoms with Crippen molar-refractivity contribution in [1.29, 1.82) is 0 Å². The Balaban J connectivity index is 2.76. The topological polar surface area (TPSA) is 56.3 Å². The first-order valence-corrected chi connectivity index (χ1v) is 6.27. The van der Waals surface area contributed by atoms with E-state index >= 15 is 0 Å². The number of alkyl halides is 3. The molecule has 0 fully saturated rings. The van der Waals surface area contributed by atoms with Gasteiger partial charge in [0.15, 0.2) is 0 Å². The summed E-state index contributed by atoms with van der Waals surface area (Å²) in [6, 6.07) is 1.33. The van der Waals surface area contributed by atoms with Crippen molar-refractivity contribution in [2.75, 3.05) is 25.1 Å². The van der Waals surface area contributed by atoms with Gasteiger partial charge >= 0.3 is 6.18 Å². The molecule has 0 aliphatic heterocycles. The average molecular weight is 293 g/mol. The number of nitrogens with zero attached hydrogens (tertiary/aromatic N) is 2. The third kappa shape index (κ3) is 5.60. The van der Waals surface area contributed by atoms with Crippen molar-refractivity contribution in [3.63, 3.8) is 0 Å². The summed E-state index contributed by atoms with van der Waals surface area (Å²) in [5, 5.41) is 2.71. The molecule has 1 N–H and O–H groups in total. The molecule has 0 aliphatic carbocycles. The van der Waals surface area contributed by atoms with Crippen LogP contribution in [0.3, 0.4) is 0 Å². The van der Waals surface area contributed by atoms with E-state index in [9.17, 15) is 13.2 Å². The monoisotopic (exact) mass is 293 g/mol. The number of nitrogens with one attached hydrogen (secondary N) is 1. The van der Waals surface area contributed by atoms with Gasteiger partial charge < -0.3 is 14.8 Å². The molecule has 0 radical (unpaired) electrons. The molecule has 0 saturated heterocycles. The van der Waals surface area contributed by atoms with Gasteiger partial charge in [-0.1, -0.05) is 0 Å². The predicted octanol–water partition coefficient (Wildman–Crippen LogP) is 2.73. The van der Waals surface area contributed by atoms with Gasteiger partial charge in [-0.3, -0.25) is 0 Å². The maximum absolute atomic E-state index is 12.6. The zero-order valence-electron chi connectivity index (χ0n) is 11.6. The molecule has 0 aromatic carbocycles. The molecule has 1 aromatic heterocycles. The van der Waals surface area contributed by atoms with Gasteiger partial charge in [-0.05, 0) is 20.8 Å². The number of ether oxygens (including phenoxy) is 2. The molecule has 1 aromatic rings. The molecule has 8 heteroatoms. The van der Waals surface area contributed by atoms with Crippen LogP contribution in [-0.4, -0.2) is 35.8 Å². The van der Waals surface area contributed by atoms with E-state index in [4.69, 9.17) is 9.47 Å². The Kier molecular flexibility index (Phi) is 6.00. The van der Waals surface area contributed by atoms with Crippen LogP contribution in [0.5, 0.6) is 5.88 Å². The van der Waals surface area contributed by atoms with Crippen molar-refractivity contribution in [1.82, 2.24) is 9.97 Å². The Morgan fingerprint density at radius 3 is 2.50 bits per heavy atom. The lowest BCUT2D eigenvalue weighted by molar-refractivity contribution is -0.145. The molecular formula is C12H18F3N3O2. The SMILES string of the molecule is CCNc1cc(OCCOC(C)C)nc(C(F)(F)F)n1. The molecule has 5 nitrogen and oxygen atoms in total. The third-order valence-electron chi connectivity index (χ3n) is 2.10. The van der Waals surface area contributed by atoms with Gasteiger partial charge in [0, 0.05) is 12.6 Å². The van der Waals surface area contributed by atoms with Crippen molar-refractivity contribution in [2.45, 2.75) is 33.1 Å². The molecule has 20 heavy (non-hydrogen) atoms. The standard InChI is InChI=1S/C12H18F3N3O2/c1-4-16-9-7-10(20-6-5-19-8(2)3)18-11(17-9)12(13,14)15/h7-8H,4-6H2,1-3H3,(H,16,17,18). The highest BCUT2D eigenvalue weighted by Gasteiger charge is 2.35. The molecule has 0 aliphatic rings. The van der Waals surface area contributed by atoms with Gasteiger partial charge in [-0.25, -0.2) is 4.98 Å². The van der Waals surface area contributed by atoms with E-state index in [1.165, 1.54) is 6.07 Å². The lowest BCUT2D eigenvalue weighted by atomic mass is 10.4. The number of anilines is 1. The number of hydrogen-bond acceptors (Lipinski definition) is 5. The van der Waals surface area contributed by atoms with Crippen LogP contribution in [0.4, 0.5) is 19.0 Å². The molecule has 0 bridgehead atoms. The number of hydrogen-bond donors (Lipinski definition) is 1. The molecule has 1 rings (SSSR count). The Labute approximate surface area is 115 Å². The fourth-order valence-corrected chi connectivity index (χ4v) is 1.33. The Bertz CT molecular complexity index is 425. The third-order valence-corrected chi connectivity index (χ3v) is 2.10. The van der Waals surface area contributed by atoms with Gasteiger partial charge in [0.05, 0.1) is 12.7 Å². The maximum atomic E-state index is 12.6. The zero-order chi connectivity index (χ0) is 15.2. The second kappa shape index (κ2) is 7.28. The smallest absolute Gasteiger partial charge is 0.451 e. The van der Waals surface area contributed by atoms with Gasteiger partial charge in [0.2, 0.25) is 11.7 Å². The Morgan fingerprint density at radius 2 is 1.95 bits per heavy atom. The van der Waals surface area contributed by atoms with Crippen molar-refractivity contribution >= 4 is 5.82 Å². The summed E-state index contributed by atoms with van der Waals surface area (Å²) < 4.78 is 48.3. The molecule has 0 spiro atoms.